The van der Waals surface area contributed by atoms with Crippen molar-refractivity contribution in [2.45, 2.75) is 58.5 Å². The van der Waals surface area contributed by atoms with Crippen LogP contribution in [-0.4, -0.2) is 11.5 Å². The van der Waals surface area contributed by atoms with Crippen molar-refractivity contribution in [2.75, 3.05) is 0 Å². The molecule has 1 fully saturated rings. The van der Waals surface area contributed by atoms with Crippen LogP contribution in [0.15, 0.2) is 0 Å². The van der Waals surface area contributed by atoms with Gasteiger partial charge in [-0.1, -0.05) is 48.2 Å². The quantitative estimate of drug-likeness (QED) is 0.539. The van der Waals surface area contributed by atoms with Crippen molar-refractivity contribution in [3.63, 3.8) is 0 Å². The van der Waals surface area contributed by atoms with Gasteiger partial charge in [0, 0.05) is 5.66 Å². The Morgan fingerprint density at radius 1 is 1.08 bits per heavy atom. The number of hydrogen-bond acceptors (Lipinski definition) is 0. The zero-order valence-corrected chi connectivity index (χ0v) is 9.45. The molecule has 1 heteroatoms. The van der Waals surface area contributed by atoms with Crippen LogP contribution in [0.2, 0.25) is 0 Å². The average Bonchev–Trinajstić information content (AvgIpc) is 2.02. The molecular formula is C11H20P. The van der Waals surface area contributed by atoms with Crippen LogP contribution < -0.4 is 0 Å². The van der Waals surface area contributed by atoms with Gasteiger partial charge in [0.05, 0.1) is 0 Å². The molecule has 0 aromatic carbocycles. The molecule has 12 heavy (non-hydrogen) atoms. The lowest BCUT2D eigenvalue weighted by Gasteiger charge is -2.19. The van der Waals surface area contributed by atoms with Crippen LogP contribution in [0.1, 0.15) is 52.9 Å². The second kappa shape index (κ2) is 4.42. The minimum Gasteiger partial charge on any atom is -0.0963 e. The van der Waals surface area contributed by atoms with Crippen LogP contribution >= 0.6 is 8.20 Å². The summed E-state index contributed by atoms with van der Waals surface area (Å²) in [4.78, 5) is 0. The molecule has 0 aromatic rings. The van der Waals surface area contributed by atoms with E-state index in [1.165, 1.54) is 40.3 Å². The highest BCUT2D eigenvalue weighted by Crippen LogP contribution is 2.28. The van der Waals surface area contributed by atoms with Gasteiger partial charge in [0.2, 0.25) is 0 Å². The smallest absolute Gasteiger partial charge is 0.00118 e. The van der Waals surface area contributed by atoms with Crippen molar-refractivity contribution in [3.05, 3.63) is 0 Å². The molecule has 1 aliphatic carbocycles. The largest absolute Gasteiger partial charge is 0.0963 e. The molecule has 0 heterocycles. The van der Waals surface area contributed by atoms with Crippen molar-refractivity contribution in [3.8, 4) is 0 Å². The molecule has 0 amide bonds. The molecule has 1 rings (SSSR count). The fourth-order valence-corrected chi connectivity index (χ4v) is 2.69. The molecular weight excluding hydrogens is 163 g/mol. The van der Waals surface area contributed by atoms with E-state index in [4.69, 9.17) is 0 Å². The molecule has 0 atom stereocenters. The first-order valence-electron chi connectivity index (χ1n) is 5.05. The summed E-state index contributed by atoms with van der Waals surface area (Å²) in [5.41, 5.74) is 1.22. The van der Waals surface area contributed by atoms with Crippen molar-refractivity contribution in [1.29, 1.82) is 0 Å². The Morgan fingerprint density at radius 2 is 1.67 bits per heavy atom. The third-order valence-corrected chi connectivity index (χ3v) is 3.84. The highest BCUT2D eigenvalue weighted by atomic mass is 31.1. The first-order chi connectivity index (χ1) is 5.58. The van der Waals surface area contributed by atoms with Crippen molar-refractivity contribution >= 4 is 14.0 Å². The topological polar surface area (TPSA) is 0 Å². The Bertz CT molecular complexity index is 147. The van der Waals surface area contributed by atoms with Gasteiger partial charge in [0.15, 0.2) is 0 Å². The van der Waals surface area contributed by atoms with E-state index in [0.717, 1.165) is 5.66 Å². The lowest BCUT2D eigenvalue weighted by molar-refractivity contribution is 0.515. The third-order valence-electron chi connectivity index (χ3n) is 2.16. The van der Waals surface area contributed by atoms with E-state index in [1.54, 1.807) is 0 Å². The minimum atomic E-state index is 0.291. The Balaban J connectivity index is 2.33. The monoisotopic (exact) mass is 183 g/mol. The van der Waals surface area contributed by atoms with Gasteiger partial charge in [-0.2, -0.15) is 0 Å². The summed E-state index contributed by atoms with van der Waals surface area (Å²) in [7, 11) is 1.47. The molecule has 0 spiro atoms. The van der Waals surface area contributed by atoms with Crippen LogP contribution in [0.5, 0.6) is 0 Å². The predicted octanol–water partition coefficient (Wildman–Crippen LogP) is 3.99. The highest BCUT2D eigenvalue weighted by Gasteiger charge is 2.12. The standard InChI is InChI=1S/C11H20P/c1-11(2,3)9-12-10-7-5-4-6-8-10/h10H,4-8H2,1-3H3. The SMILES string of the molecule is CC(C)(C)[C]=PC1CCCCC1. The van der Waals surface area contributed by atoms with Crippen LogP contribution in [0.4, 0.5) is 0 Å². The Morgan fingerprint density at radius 3 is 2.17 bits per heavy atom. The molecule has 0 bridgehead atoms. The van der Waals surface area contributed by atoms with Gasteiger partial charge in [-0.05, 0) is 24.1 Å². The molecule has 0 N–H and O–H groups in total. The van der Waals surface area contributed by atoms with Crippen LogP contribution in [-0.2, 0) is 0 Å². The Hall–Kier alpha value is 0.170. The van der Waals surface area contributed by atoms with E-state index >= 15 is 0 Å². The van der Waals surface area contributed by atoms with E-state index in [-0.39, 0.29) is 0 Å². The Labute approximate surface area is 78.6 Å². The summed E-state index contributed by atoms with van der Waals surface area (Å²) >= 11 is 0. The van der Waals surface area contributed by atoms with Crippen LogP contribution in [0.25, 0.3) is 0 Å². The summed E-state index contributed by atoms with van der Waals surface area (Å²) in [5.74, 6) is 3.56. The maximum atomic E-state index is 3.56. The predicted molar refractivity (Wildman–Crippen MR) is 58.3 cm³/mol. The van der Waals surface area contributed by atoms with Crippen LogP contribution in [0.3, 0.4) is 0 Å². The third kappa shape index (κ3) is 4.26. The normalized spacial score (nSPS) is 21.9. The summed E-state index contributed by atoms with van der Waals surface area (Å²) < 4.78 is 0. The molecule has 0 saturated heterocycles. The molecule has 0 unspecified atom stereocenters. The molecule has 69 valence electrons. The first-order valence-corrected chi connectivity index (χ1v) is 6.01. The van der Waals surface area contributed by atoms with Crippen molar-refractivity contribution in [2.24, 2.45) is 5.41 Å². The summed E-state index contributed by atoms with van der Waals surface area (Å²) in [6.07, 6.45) is 7.23. The van der Waals surface area contributed by atoms with Gasteiger partial charge < -0.3 is 0 Å². The fraction of sp³-hybridized carbons (Fsp3) is 0.909. The maximum Gasteiger partial charge on any atom is 0.00118 e. The maximum absolute atomic E-state index is 3.56. The first kappa shape index (κ1) is 10.3. The zero-order chi connectivity index (χ0) is 9.03. The molecule has 1 aliphatic rings. The minimum absolute atomic E-state index is 0.291. The molecule has 0 aliphatic heterocycles. The lowest BCUT2D eigenvalue weighted by atomic mass is 10.0. The van der Waals surface area contributed by atoms with Gasteiger partial charge >= 0.3 is 0 Å². The van der Waals surface area contributed by atoms with E-state index < -0.39 is 0 Å². The summed E-state index contributed by atoms with van der Waals surface area (Å²) in [5, 5.41) is 0. The molecule has 1 saturated carbocycles. The molecule has 1 radical (unpaired) electrons. The Kier molecular flexibility index (Phi) is 3.77. The second-order valence-electron chi connectivity index (χ2n) is 4.78. The fourth-order valence-electron chi connectivity index (χ4n) is 1.50. The van der Waals surface area contributed by atoms with Gasteiger partial charge in [-0.3, -0.25) is 0 Å². The van der Waals surface area contributed by atoms with Gasteiger partial charge in [0.1, 0.15) is 0 Å². The average molecular weight is 183 g/mol. The zero-order valence-electron chi connectivity index (χ0n) is 8.56. The molecule has 0 aromatic heterocycles. The van der Waals surface area contributed by atoms with E-state index in [1.807, 2.05) is 0 Å². The summed E-state index contributed by atoms with van der Waals surface area (Å²) in [6.45, 7) is 6.72. The van der Waals surface area contributed by atoms with E-state index in [2.05, 4.69) is 26.6 Å². The van der Waals surface area contributed by atoms with Gasteiger partial charge in [0.25, 0.3) is 0 Å². The van der Waals surface area contributed by atoms with Crippen LogP contribution in [0, 0.1) is 5.41 Å². The van der Waals surface area contributed by atoms with E-state index in [0.29, 0.717) is 5.41 Å². The second-order valence-corrected chi connectivity index (χ2v) is 5.99. The van der Waals surface area contributed by atoms with Gasteiger partial charge in [-0.25, -0.2) is 0 Å². The van der Waals surface area contributed by atoms with Gasteiger partial charge in [-0.15, -0.1) is 0 Å². The number of hydrogen-bond donors (Lipinski definition) is 0. The number of rotatable bonds is 1. The lowest BCUT2D eigenvalue weighted by Crippen LogP contribution is -2.09. The highest BCUT2D eigenvalue weighted by molar-refractivity contribution is 7.39. The van der Waals surface area contributed by atoms with E-state index in [9.17, 15) is 0 Å². The molecule has 0 nitrogen and oxygen atoms in total. The summed E-state index contributed by atoms with van der Waals surface area (Å²) in [6, 6.07) is 0. The van der Waals surface area contributed by atoms with Crippen molar-refractivity contribution in [1.82, 2.24) is 0 Å². The van der Waals surface area contributed by atoms with Crippen molar-refractivity contribution < 1.29 is 0 Å².